The van der Waals surface area contributed by atoms with Gasteiger partial charge in [-0.05, 0) is 42.8 Å². The van der Waals surface area contributed by atoms with E-state index in [0.717, 1.165) is 11.7 Å². The number of carbonyl (C=O) groups is 1. The number of rotatable bonds is 7. The van der Waals surface area contributed by atoms with Crippen LogP contribution in [0.5, 0.6) is 0 Å². The van der Waals surface area contributed by atoms with Crippen LogP contribution in [0.3, 0.4) is 0 Å². The van der Waals surface area contributed by atoms with Gasteiger partial charge >= 0.3 is 0 Å². The smallest absolute Gasteiger partial charge is 0.134 e. The van der Waals surface area contributed by atoms with Crippen molar-refractivity contribution in [3.8, 4) is 0 Å². The molecule has 0 radical (unpaired) electrons. The third kappa shape index (κ3) is 4.13. The highest BCUT2D eigenvalue weighted by atomic mass is 31.2. The Kier molecular flexibility index (Phi) is 6.21. The van der Waals surface area contributed by atoms with Gasteiger partial charge in [-0.3, -0.25) is 4.79 Å². The number of Topliss-reactive ketones (excluding diaryl/α,β-unsaturated/α-hetero) is 1. The first-order valence-corrected chi connectivity index (χ1v) is 12.3. The van der Waals surface area contributed by atoms with Gasteiger partial charge in [0, 0.05) is 12.0 Å². The highest BCUT2D eigenvalue weighted by Gasteiger charge is 2.46. The summed E-state index contributed by atoms with van der Waals surface area (Å²) < 4.78 is 0. The first-order chi connectivity index (χ1) is 14.7. The second-order valence-electron chi connectivity index (χ2n) is 7.63. The zero-order valence-electron chi connectivity index (χ0n) is 17.2. The topological polar surface area (TPSA) is 17.1 Å². The van der Waals surface area contributed by atoms with Crippen molar-refractivity contribution in [2.75, 3.05) is 0 Å². The molecule has 0 aromatic heterocycles. The van der Waals surface area contributed by atoms with Crippen molar-refractivity contribution in [2.24, 2.45) is 0 Å². The van der Waals surface area contributed by atoms with Gasteiger partial charge in [-0.15, -0.1) is 0 Å². The Labute approximate surface area is 179 Å². The molecule has 0 aliphatic heterocycles. The minimum atomic E-state index is -2.02. The average molecular weight is 409 g/mol. The molecule has 0 fully saturated rings. The van der Waals surface area contributed by atoms with Crippen LogP contribution in [-0.2, 0) is 17.4 Å². The van der Waals surface area contributed by atoms with Crippen molar-refractivity contribution in [3.63, 3.8) is 0 Å². The molecule has 0 amide bonds. The quantitative estimate of drug-likeness (QED) is 0.378. The van der Waals surface area contributed by atoms with Gasteiger partial charge in [0.1, 0.15) is 29.0 Å². The van der Waals surface area contributed by atoms with E-state index in [1.54, 1.807) is 6.92 Å². The second-order valence-corrected chi connectivity index (χ2v) is 11.1. The largest absolute Gasteiger partial charge is 0.300 e. The Bertz CT molecular complexity index is 1070. The summed E-state index contributed by atoms with van der Waals surface area (Å²) in [6, 6.07) is 41.0. The Morgan fingerprint density at radius 2 is 1.10 bits per heavy atom. The van der Waals surface area contributed by atoms with Crippen LogP contribution in [0.4, 0.5) is 0 Å². The summed E-state index contributed by atoms with van der Waals surface area (Å²) in [5.74, 6) is 0.196. The molecule has 1 nitrogen and oxygen atoms in total. The monoisotopic (exact) mass is 409 g/mol. The van der Waals surface area contributed by atoms with E-state index in [2.05, 4.69) is 115 Å². The van der Waals surface area contributed by atoms with E-state index in [-0.39, 0.29) is 5.78 Å². The lowest BCUT2D eigenvalue weighted by atomic mass is 10.1. The second kappa shape index (κ2) is 9.20. The number of hydrogen-bond donors (Lipinski definition) is 0. The van der Waals surface area contributed by atoms with E-state index in [1.807, 2.05) is 0 Å². The van der Waals surface area contributed by atoms with Crippen molar-refractivity contribution >= 4 is 29.0 Å². The molecule has 0 saturated carbocycles. The number of hydrogen-bond acceptors (Lipinski definition) is 1. The number of benzene rings is 4. The van der Waals surface area contributed by atoms with Crippen LogP contribution in [-0.4, -0.2) is 5.78 Å². The van der Waals surface area contributed by atoms with E-state index in [0.29, 0.717) is 6.42 Å². The lowest BCUT2D eigenvalue weighted by Gasteiger charge is -2.29. The Morgan fingerprint density at radius 3 is 1.63 bits per heavy atom. The zero-order chi connectivity index (χ0) is 20.8. The van der Waals surface area contributed by atoms with Crippen molar-refractivity contribution in [2.45, 2.75) is 19.5 Å². The van der Waals surface area contributed by atoms with Gasteiger partial charge in [0.05, 0.1) is 6.16 Å². The van der Waals surface area contributed by atoms with E-state index in [4.69, 9.17) is 0 Å². The maximum atomic E-state index is 12.1. The van der Waals surface area contributed by atoms with Crippen LogP contribution in [0, 0.1) is 0 Å². The molecule has 4 aromatic carbocycles. The van der Waals surface area contributed by atoms with Crippen molar-refractivity contribution < 1.29 is 4.79 Å². The molecule has 148 valence electrons. The fourth-order valence-corrected chi connectivity index (χ4v) is 8.71. The SMILES string of the molecule is CC(=O)Cc1ccccc1[P+](Cc1ccccc1)(c1ccccc1)c1ccccc1. The molecule has 0 spiro atoms. The molecule has 0 N–H and O–H groups in total. The minimum absolute atomic E-state index is 0.196. The molecular formula is C28H26OP+. The summed E-state index contributed by atoms with van der Waals surface area (Å²) in [5.41, 5.74) is 2.46. The molecule has 0 aliphatic rings. The molecule has 2 heteroatoms. The molecule has 0 heterocycles. The fraction of sp³-hybridized carbons (Fsp3) is 0.107. The summed E-state index contributed by atoms with van der Waals surface area (Å²) >= 11 is 0. The van der Waals surface area contributed by atoms with Crippen molar-refractivity contribution in [1.29, 1.82) is 0 Å². The predicted molar refractivity (Wildman–Crippen MR) is 130 cm³/mol. The summed E-state index contributed by atoms with van der Waals surface area (Å²) in [4.78, 5) is 12.1. The van der Waals surface area contributed by atoms with Gasteiger partial charge in [0.25, 0.3) is 0 Å². The summed E-state index contributed by atoms with van der Waals surface area (Å²) in [6.45, 7) is 1.68. The molecule has 0 unspecified atom stereocenters. The van der Waals surface area contributed by atoms with E-state index in [9.17, 15) is 4.79 Å². The molecule has 4 aromatic rings. The molecular weight excluding hydrogens is 383 g/mol. The minimum Gasteiger partial charge on any atom is -0.300 e. The van der Waals surface area contributed by atoms with E-state index >= 15 is 0 Å². The van der Waals surface area contributed by atoms with Crippen LogP contribution in [0.2, 0.25) is 0 Å². The van der Waals surface area contributed by atoms with Crippen LogP contribution in [0.25, 0.3) is 0 Å². The first kappa shape index (κ1) is 20.3. The molecule has 30 heavy (non-hydrogen) atoms. The predicted octanol–water partition coefficient (Wildman–Crippen LogP) is 5.31. The zero-order valence-corrected chi connectivity index (χ0v) is 18.1. The van der Waals surface area contributed by atoms with Gasteiger partial charge in [-0.1, -0.05) is 84.9 Å². The maximum Gasteiger partial charge on any atom is 0.134 e. The third-order valence-electron chi connectivity index (χ3n) is 5.50. The average Bonchev–Trinajstić information content (AvgIpc) is 2.79. The lowest BCUT2D eigenvalue weighted by Crippen LogP contribution is -2.34. The summed E-state index contributed by atoms with van der Waals surface area (Å²) in [7, 11) is -2.02. The molecule has 4 rings (SSSR count). The fourth-order valence-electron chi connectivity index (χ4n) is 4.22. The van der Waals surface area contributed by atoms with Gasteiger partial charge in [0.2, 0.25) is 0 Å². The summed E-state index contributed by atoms with van der Waals surface area (Å²) in [6.07, 6.45) is 1.39. The first-order valence-electron chi connectivity index (χ1n) is 10.3. The molecule has 0 saturated heterocycles. The normalized spacial score (nSPS) is 11.2. The highest BCUT2D eigenvalue weighted by molar-refractivity contribution is 7.95. The molecule has 0 bridgehead atoms. The van der Waals surface area contributed by atoms with Crippen LogP contribution in [0.1, 0.15) is 18.1 Å². The van der Waals surface area contributed by atoms with E-state index in [1.165, 1.54) is 21.5 Å². The van der Waals surface area contributed by atoms with Gasteiger partial charge in [-0.25, -0.2) is 0 Å². The van der Waals surface area contributed by atoms with Gasteiger partial charge in [-0.2, -0.15) is 0 Å². The number of carbonyl (C=O) groups excluding carboxylic acids is 1. The Hall–Kier alpha value is -3.02. The third-order valence-corrected chi connectivity index (χ3v) is 9.96. The van der Waals surface area contributed by atoms with Crippen molar-refractivity contribution in [3.05, 3.63) is 126 Å². The lowest BCUT2D eigenvalue weighted by molar-refractivity contribution is -0.116. The van der Waals surface area contributed by atoms with Crippen LogP contribution < -0.4 is 15.9 Å². The number of ketones is 1. The molecule has 0 atom stereocenters. The van der Waals surface area contributed by atoms with Crippen molar-refractivity contribution in [1.82, 2.24) is 0 Å². The van der Waals surface area contributed by atoms with Gasteiger partial charge < -0.3 is 0 Å². The Morgan fingerprint density at radius 1 is 0.633 bits per heavy atom. The molecule has 0 aliphatic carbocycles. The Balaban J connectivity index is 2.05. The van der Waals surface area contributed by atoms with Crippen LogP contribution >= 0.6 is 7.26 Å². The van der Waals surface area contributed by atoms with Crippen LogP contribution in [0.15, 0.2) is 115 Å². The summed E-state index contributed by atoms with van der Waals surface area (Å²) in [5, 5.41) is 3.99. The standard InChI is InChI=1S/C28H26OP/c1-23(29)21-25-15-11-12-20-28(25)30(26-16-7-3-8-17-26,27-18-9-4-10-19-27)22-24-13-5-2-6-14-24/h2-20H,21-22H2,1H3/q+1. The van der Waals surface area contributed by atoms with E-state index < -0.39 is 7.26 Å². The highest BCUT2D eigenvalue weighted by Crippen LogP contribution is 2.58. The van der Waals surface area contributed by atoms with Gasteiger partial charge in [0.15, 0.2) is 0 Å². The maximum absolute atomic E-state index is 12.1.